The van der Waals surface area contributed by atoms with Crippen LogP contribution in [0, 0.1) is 0 Å². The molecular weight excluding hydrogens is 286 g/mol. The molecule has 3 rings (SSSR count). The zero-order valence-corrected chi connectivity index (χ0v) is 11.3. The largest absolute Gasteiger partial charge is 0.478 e. The van der Waals surface area contributed by atoms with E-state index < -0.39 is 11.9 Å². The van der Waals surface area contributed by atoms with Crippen molar-refractivity contribution in [2.45, 2.75) is 6.54 Å². The third-order valence-corrected chi connectivity index (χ3v) is 3.24. The van der Waals surface area contributed by atoms with Crippen LogP contribution in [0.15, 0.2) is 42.5 Å². The fourth-order valence-corrected chi connectivity index (χ4v) is 2.24. The standard InChI is InChI=1S/C15H11N3O4/c19-14(20)10-5-9(6-11(7-10)15(21)22)8-18-13-4-2-1-3-12(13)16-17-18/h1-7H,8H2,(H,19,20)(H,21,22). The van der Waals surface area contributed by atoms with E-state index in [1.807, 2.05) is 24.3 Å². The van der Waals surface area contributed by atoms with Crippen LogP contribution in [-0.2, 0) is 6.54 Å². The Morgan fingerprint density at radius 2 is 1.64 bits per heavy atom. The summed E-state index contributed by atoms with van der Waals surface area (Å²) in [6.45, 7) is 0.238. The zero-order valence-electron chi connectivity index (χ0n) is 11.3. The second-order valence-corrected chi connectivity index (χ2v) is 4.76. The smallest absolute Gasteiger partial charge is 0.335 e. The molecule has 0 amide bonds. The molecule has 7 heteroatoms. The lowest BCUT2D eigenvalue weighted by Gasteiger charge is -2.06. The first-order valence-corrected chi connectivity index (χ1v) is 6.43. The molecule has 0 fully saturated rings. The summed E-state index contributed by atoms with van der Waals surface area (Å²) >= 11 is 0. The normalized spacial score (nSPS) is 10.7. The predicted molar refractivity (Wildman–Crippen MR) is 77.0 cm³/mol. The van der Waals surface area contributed by atoms with Gasteiger partial charge in [0.05, 0.1) is 23.2 Å². The van der Waals surface area contributed by atoms with E-state index in [2.05, 4.69) is 10.3 Å². The lowest BCUT2D eigenvalue weighted by molar-refractivity contribution is 0.0696. The molecule has 0 radical (unpaired) electrons. The van der Waals surface area contributed by atoms with Gasteiger partial charge < -0.3 is 10.2 Å². The maximum atomic E-state index is 11.1. The number of carbonyl (C=O) groups is 2. The molecule has 1 heterocycles. The minimum Gasteiger partial charge on any atom is -0.478 e. The number of aromatic nitrogens is 3. The molecule has 0 saturated carbocycles. The van der Waals surface area contributed by atoms with Gasteiger partial charge in [0.2, 0.25) is 0 Å². The number of carboxylic acid groups (broad SMARTS) is 2. The van der Waals surface area contributed by atoms with Gasteiger partial charge in [-0.15, -0.1) is 5.10 Å². The molecule has 0 unspecified atom stereocenters. The predicted octanol–water partition coefficient (Wildman–Crippen LogP) is 1.88. The maximum Gasteiger partial charge on any atom is 0.335 e. The fraction of sp³-hybridized carbons (Fsp3) is 0.0667. The highest BCUT2D eigenvalue weighted by Gasteiger charge is 2.13. The highest BCUT2D eigenvalue weighted by atomic mass is 16.4. The van der Waals surface area contributed by atoms with Gasteiger partial charge in [-0.05, 0) is 35.9 Å². The van der Waals surface area contributed by atoms with Crippen LogP contribution < -0.4 is 0 Å². The summed E-state index contributed by atoms with van der Waals surface area (Å²) in [4.78, 5) is 22.2. The molecule has 2 aromatic carbocycles. The van der Waals surface area contributed by atoms with Crippen molar-refractivity contribution in [2.75, 3.05) is 0 Å². The first kappa shape index (κ1) is 13.7. The summed E-state index contributed by atoms with van der Waals surface area (Å²) in [5.41, 5.74) is 1.90. The summed E-state index contributed by atoms with van der Waals surface area (Å²) < 4.78 is 1.60. The number of benzene rings is 2. The number of rotatable bonds is 4. The molecular formula is C15H11N3O4. The molecule has 2 N–H and O–H groups in total. The Morgan fingerprint density at radius 3 is 2.27 bits per heavy atom. The average Bonchev–Trinajstić information content (AvgIpc) is 2.90. The van der Waals surface area contributed by atoms with Crippen molar-refractivity contribution in [2.24, 2.45) is 0 Å². The van der Waals surface area contributed by atoms with Crippen molar-refractivity contribution in [3.8, 4) is 0 Å². The summed E-state index contributed by atoms with van der Waals surface area (Å²) in [6.07, 6.45) is 0. The lowest BCUT2D eigenvalue weighted by Crippen LogP contribution is -2.07. The van der Waals surface area contributed by atoms with Crippen LogP contribution in [0.4, 0.5) is 0 Å². The monoisotopic (exact) mass is 297 g/mol. The van der Waals surface area contributed by atoms with E-state index in [0.29, 0.717) is 5.56 Å². The van der Waals surface area contributed by atoms with Gasteiger partial charge in [-0.2, -0.15) is 0 Å². The Hall–Kier alpha value is -3.22. The highest BCUT2D eigenvalue weighted by molar-refractivity contribution is 5.94. The zero-order chi connectivity index (χ0) is 15.7. The molecule has 0 saturated heterocycles. The minimum atomic E-state index is -1.17. The van der Waals surface area contributed by atoms with Crippen LogP contribution in [0.25, 0.3) is 11.0 Å². The second-order valence-electron chi connectivity index (χ2n) is 4.76. The number of nitrogens with zero attached hydrogens (tertiary/aromatic N) is 3. The van der Waals surface area contributed by atoms with Gasteiger partial charge in [0.15, 0.2) is 0 Å². The number of hydrogen-bond donors (Lipinski definition) is 2. The van der Waals surface area contributed by atoms with Crippen LogP contribution >= 0.6 is 0 Å². The third kappa shape index (κ3) is 2.51. The number of fused-ring (bicyclic) bond motifs is 1. The summed E-state index contributed by atoms with van der Waals surface area (Å²) in [5, 5.41) is 26.2. The van der Waals surface area contributed by atoms with Crippen molar-refractivity contribution in [1.82, 2.24) is 15.0 Å². The Bertz CT molecular complexity index is 853. The molecule has 0 atom stereocenters. The van der Waals surface area contributed by atoms with E-state index in [-0.39, 0.29) is 17.7 Å². The van der Waals surface area contributed by atoms with Gasteiger partial charge in [0.25, 0.3) is 0 Å². The van der Waals surface area contributed by atoms with Gasteiger partial charge in [0.1, 0.15) is 5.52 Å². The number of carboxylic acids is 2. The van der Waals surface area contributed by atoms with Crippen molar-refractivity contribution >= 4 is 23.0 Å². The quantitative estimate of drug-likeness (QED) is 0.761. The fourth-order valence-electron chi connectivity index (χ4n) is 2.24. The maximum absolute atomic E-state index is 11.1. The Balaban J connectivity index is 2.04. The molecule has 7 nitrogen and oxygen atoms in total. The SMILES string of the molecule is O=C(O)c1cc(Cn2nnc3ccccc32)cc(C(=O)O)c1. The number of hydrogen-bond acceptors (Lipinski definition) is 4. The topological polar surface area (TPSA) is 105 Å². The van der Waals surface area contributed by atoms with Gasteiger partial charge >= 0.3 is 11.9 Å². The van der Waals surface area contributed by atoms with Gasteiger partial charge in [-0.25, -0.2) is 14.3 Å². The minimum absolute atomic E-state index is 0.0701. The van der Waals surface area contributed by atoms with E-state index in [0.717, 1.165) is 17.1 Å². The van der Waals surface area contributed by atoms with Crippen LogP contribution in [0.3, 0.4) is 0 Å². The van der Waals surface area contributed by atoms with Crippen LogP contribution in [0.2, 0.25) is 0 Å². The van der Waals surface area contributed by atoms with Gasteiger partial charge in [-0.3, -0.25) is 0 Å². The molecule has 0 bridgehead atoms. The first-order chi connectivity index (χ1) is 10.5. The van der Waals surface area contributed by atoms with E-state index in [4.69, 9.17) is 10.2 Å². The number of para-hydroxylation sites is 1. The molecule has 3 aromatic rings. The molecule has 0 spiro atoms. The second kappa shape index (κ2) is 5.28. The highest BCUT2D eigenvalue weighted by Crippen LogP contribution is 2.15. The van der Waals surface area contributed by atoms with Crippen molar-refractivity contribution < 1.29 is 19.8 Å². The molecule has 0 aliphatic carbocycles. The lowest BCUT2D eigenvalue weighted by atomic mass is 10.1. The number of aromatic carboxylic acids is 2. The molecule has 1 aromatic heterocycles. The van der Waals surface area contributed by atoms with Crippen molar-refractivity contribution in [1.29, 1.82) is 0 Å². The van der Waals surface area contributed by atoms with Gasteiger partial charge in [0, 0.05) is 0 Å². The molecule has 0 aliphatic rings. The Kier molecular flexibility index (Phi) is 3.30. The van der Waals surface area contributed by atoms with Gasteiger partial charge in [-0.1, -0.05) is 17.3 Å². The average molecular weight is 297 g/mol. The Morgan fingerprint density at radius 1 is 1.00 bits per heavy atom. The van der Waals surface area contributed by atoms with E-state index in [9.17, 15) is 9.59 Å². The summed E-state index contributed by atoms with van der Waals surface area (Å²) in [6, 6.07) is 11.3. The van der Waals surface area contributed by atoms with E-state index in [1.165, 1.54) is 12.1 Å². The van der Waals surface area contributed by atoms with Crippen LogP contribution in [0.5, 0.6) is 0 Å². The summed E-state index contributed by atoms with van der Waals surface area (Å²) in [5.74, 6) is -2.35. The molecule has 110 valence electrons. The Labute approximate surface area is 124 Å². The first-order valence-electron chi connectivity index (χ1n) is 6.43. The molecule has 22 heavy (non-hydrogen) atoms. The third-order valence-electron chi connectivity index (χ3n) is 3.24. The molecule has 0 aliphatic heterocycles. The van der Waals surface area contributed by atoms with Crippen molar-refractivity contribution in [3.63, 3.8) is 0 Å². The van der Waals surface area contributed by atoms with E-state index in [1.54, 1.807) is 4.68 Å². The summed E-state index contributed by atoms with van der Waals surface area (Å²) in [7, 11) is 0. The van der Waals surface area contributed by atoms with Crippen molar-refractivity contribution in [3.05, 3.63) is 59.2 Å². The van der Waals surface area contributed by atoms with Crippen LogP contribution in [0.1, 0.15) is 26.3 Å². The van der Waals surface area contributed by atoms with Crippen LogP contribution in [-0.4, -0.2) is 37.1 Å². The van der Waals surface area contributed by atoms with E-state index >= 15 is 0 Å².